The van der Waals surface area contributed by atoms with Crippen LogP contribution in [0.25, 0.3) is 22.2 Å². The van der Waals surface area contributed by atoms with Gasteiger partial charge < -0.3 is 15.4 Å². The van der Waals surface area contributed by atoms with Gasteiger partial charge in [0.25, 0.3) is 5.91 Å². The van der Waals surface area contributed by atoms with E-state index in [1.165, 1.54) is 0 Å². The van der Waals surface area contributed by atoms with Gasteiger partial charge in [-0.2, -0.15) is 0 Å². The predicted octanol–water partition coefficient (Wildman–Crippen LogP) is 5.14. The summed E-state index contributed by atoms with van der Waals surface area (Å²) in [6.07, 6.45) is 7.14. The Morgan fingerprint density at radius 1 is 1.00 bits per heavy atom. The first-order valence-electron chi connectivity index (χ1n) is 12.1. The van der Waals surface area contributed by atoms with Crippen LogP contribution in [0.5, 0.6) is 0 Å². The standard InChI is InChI=1S/C28H32N4O3/c1-19(2)18-35-28(34)31-17-21-9-7-20(8-10-21)16-30-27(33)24-15-26(22-11-13-29-14-12-22)32-25-6-4-3-5-23(24)25/h3-6,11-15,20-21H,1,7-10,16-18H2,2H3,(H,30,33)(H,31,34)/t20-,21-. The maximum Gasteiger partial charge on any atom is 0.407 e. The van der Waals surface area contributed by atoms with Crippen LogP contribution in [0, 0.1) is 11.8 Å². The molecule has 1 fully saturated rings. The molecule has 0 radical (unpaired) electrons. The fraction of sp³-hybridized carbons (Fsp3) is 0.357. The third kappa shape index (κ3) is 6.66. The van der Waals surface area contributed by atoms with Gasteiger partial charge in [-0.1, -0.05) is 24.8 Å². The lowest BCUT2D eigenvalue weighted by molar-refractivity contribution is 0.0942. The fourth-order valence-electron chi connectivity index (χ4n) is 4.47. The van der Waals surface area contributed by atoms with Crippen molar-refractivity contribution in [3.63, 3.8) is 0 Å². The molecule has 2 amide bonds. The number of carbonyl (C=O) groups is 2. The molecule has 2 heterocycles. The van der Waals surface area contributed by atoms with E-state index in [-0.39, 0.29) is 12.5 Å². The largest absolute Gasteiger partial charge is 0.445 e. The molecule has 0 unspecified atom stereocenters. The van der Waals surface area contributed by atoms with E-state index in [9.17, 15) is 9.59 Å². The minimum absolute atomic E-state index is 0.0806. The van der Waals surface area contributed by atoms with Crippen molar-refractivity contribution in [1.82, 2.24) is 20.6 Å². The molecule has 2 N–H and O–H groups in total. The van der Waals surface area contributed by atoms with Gasteiger partial charge in [0, 0.05) is 36.4 Å². The topological polar surface area (TPSA) is 93.2 Å². The molecule has 0 bridgehead atoms. The third-order valence-electron chi connectivity index (χ3n) is 6.44. The predicted molar refractivity (Wildman–Crippen MR) is 137 cm³/mol. The van der Waals surface area contributed by atoms with E-state index in [0.29, 0.717) is 30.5 Å². The molecule has 0 aliphatic heterocycles. The maximum absolute atomic E-state index is 13.2. The van der Waals surface area contributed by atoms with Crippen molar-refractivity contribution < 1.29 is 14.3 Å². The van der Waals surface area contributed by atoms with E-state index < -0.39 is 6.09 Å². The number of nitrogens with one attached hydrogen (secondary N) is 2. The number of hydrogen-bond donors (Lipinski definition) is 2. The van der Waals surface area contributed by atoms with E-state index in [2.05, 4.69) is 22.2 Å². The quantitative estimate of drug-likeness (QED) is 0.443. The molecule has 0 spiro atoms. The first kappa shape index (κ1) is 24.4. The Labute approximate surface area is 206 Å². The maximum atomic E-state index is 13.2. The summed E-state index contributed by atoms with van der Waals surface area (Å²) < 4.78 is 5.09. The van der Waals surface area contributed by atoms with Crippen LogP contribution < -0.4 is 10.6 Å². The van der Waals surface area contributed by atoms with Gasteiger partial charge in [0.1, 0.15) is 6.61 Å². The summed E-state index contributed by atoms with van der Waals surface area (Å²) in [4.78, 5) is 33.8. The molecule has 1 aliphatic rings. The Morgan fingerprint density at radius 3 is 2.34 bits per heavy atom. The zero-order chi connectivity index (χ0) is 24.6. The Bertz CT molecular complexity index is 1190. The number of hydrogen-bond acceptors (Lipinski definition) is 5. The number of ether oxygens (including phenoxy) is 1. The summed E-state index contributed by atoms with van der Waals surface area (Å²) in [5, 5.41) is 6.85. The molecule has 7 heteroatoms. The van der Waals surface area contributed by atoms with E-state index >= 15 is 0 Å². The fourth-order valence-corrected chi connectivity index (χ4v) is 4.47. The first-order valence-corrected chi connectivity index (χ1v) is 12.1. The monoisotopic (exact) mass is 472 g/mol. The molecule has 182 valence electrons. The molecule has 7 nitrogen and oxygen atoms in total. The van der Waals surface area contributed by atoms with Gasteiger partial charge in [0.15, 0.2) is 0 Å². The van der Waals surface area contributed by atoms with Crippen LogP contribution in [0.3, 0.4) is 0 Å². The summed E-state index contributed by atoms with van der Waals surface area (Å²) in [5.41, 5.74) is 3.92. The van der Waals surface area contributed by atoms with Crippen LogP contribution in [0.15, 0.2) is 67.0 Å². The molecule has 35 heavy (non-hydrogen) atoms. The minimum Gasteiger partial charge on any atom is -0.445 e. The molecule has 1 aliphatic carbocycles. The van der Waals surface area contributed by atoms with Crippen LogP contribution in [-0.2, 0) is 4.74 Å². The van der Waals surface area contributed by atoms with Crippen molar-refractivity contribution in [2.45, 2.75) is 32.6 Å². The van der Waals surface area contributed by atoms with Crippen molar-refractivity contribution in [2.24, 2.45) is 11.8 Å². The molecule has 1 saturated carbocycles. The summed E-state index contributed by atoms with van der Waals surface area (Å²) >= 11 is 0. The lowest BCUT2D eigenvalue weighted by atomic mass is 9.82. The summed E-state index contributed by atoms with van der Waals surface area (Å²) in [6.45, 7) is 7.06. The number of alkyl carbamates (subject to hydrolysis) is 1. The van der Waals surface area contributed by atoms with Crippen LogP contribution in [-0.4, -0.2) is 41.7 Å². The smallest absolute Gasteiger partial charge is 0.407 e. The lowest BCUT2D eigenvalue weighted by Crippen LogP contribution is -2.35. The first-order chi connectivity index (χ1) is 17.0. The average Bonchev–Trinajstić information content (AvgIpc) is 2.89. The van der Waals surface area contributed by atoms with Crippen LogP contribution in [0.4, 0.5) is 4.79 Å². The van der Waals surface area contributed by atoms with Gasteiger partial charge >= 0.3 is 6.09 Å². The molecule has 4 rings (SSSR count). The highest BCUT2D eigenvalue weighted by Crippen LogP contribution is 2.29. The second-order valence-electron chi connectivity index (χ2n) is 9.32. The Morgan fingerprint density at radius 2 is 1.66 bits per heavy atom. The van der Waals surface area contributed by atoms with Crippen molar-refractivity contribution in [3.8, 4) is 11.3 Å². The second kappa shape index (κ2) is 11.6. The zero-order valence-corrected chi connectivity index (χ0v) is 20.1. The van der Waals surface area contributed by atoms with Gasteiger partial charge in [-0.05, 0) is 74.3 Å². The lowest BCUT2D eigenvalue weighted by Gasteiger charge is -2.28. The molecular weight excluding hydrogens is 440 g/mol. The van der Waals surface area contributed by atoms with Gasteiger partial charge in [0.05, 0.1) is 16.8 Å². The summed E-state index contributed by atoms with van der Waals surface area (Å²) in [7, 11) is 0. The number of carbonyl (C=O) groups excluding carboxylic acids is 2. The zero-order valence-electron chi connectivity index (χ0n) is 20.1. The summed E-state index contributed by atoms with van der Waals surface area (Å²) in [5.74, 6) is 0.785. The van der Waals surface area contributed by atoms with E-state index in [1.807, 2.05) is 49.4 Å². The van der Waals surface area contributed by atoms with Crippen LogP contribution in [0.1, 0.15) is 43.0 Å². The van der Waals surface area contributed by atoms with Crippen molar-refractivity contribution in [3.05, 3.63) is 72.6 Å². The van der Waals surface area contributed by atoms with E-state index in [4.69, 9.17) is 9.72 Å². The number of para-hydroxylation sites is 1. The minimum atomic E-state index is -0.391. The number of pyridine rings is 2. The molecule has 1 aromatic carbocycles. The highest BCUT2D eigenvalue weighted by Gasteiger charge is 2.23. The number of aromatic nitrogens is 2. The van der Waals surface area contributed by atoms with Crippen molar-refractivity contribution in [1.29, 1.82) is 0 Å². The average molecular weight is 473 g/mol. The Hall–Kier alpha value is -3.74. The SMILES string of the molecule is C=C(C)COC(=O)NC[C@H]1CC[C@H](CNC(=O)c2cc(-c3ccncc3)nc3ccccc23)CC1. The van der Waals surface area contributed by atoms with Crippen molar-refractivity contribution >= 4 is 22.9 Å². The number of benzene rings is 1. The molecule has 0 saturated heterocycles. The van der Waals surface area contributed by atoms with Gasteiger partial charge in [-0.3, -0.25) is 9.78 Å². The molecule has 3 aromatic rings. The number of nitrogens with zero attached hydrogens (tertiary/aromatic N) is 2. The molecule has 0 atom stereocenters. The molecular formula is C28H32N4O3. The Balaban J connectivity index is 1.32. The molecule has 2 aromatic heterocycles. The Kier molecular flexibility index (Phi) is 8.08. The number of amides is 2. The number of fused-ring (bicyclic) bond motifs is 1. The normalized spacial score (nSPS) is 17.5. The number of rotatable bonds is 8. The van der Waals surface area contributed by atoms with E-state index in [1.54, 1.807) is 12.4 Å². The van der Waals surface area contributed by atoms with E-state index in [0.717, 1.165) is 53.4 Å². The van der Waals surface area contributed by atoms with Crippen molar-refractivity contribution in [2.75, 3.05) is 19.7 Å². The summed E-state index contributed by atoms with van der Waals surface area (Å²) in [6, 6.07) is 13.4. The van der Waals surface area contributed by atoms with Gasteiger partial charge in [-0.15, -0.1) is 0 Å². The van der Waals surface area contributed by atoms with Crippen LogP contribution >= 0.6 is 0 Å². The van der Waals surface area contributed by atoms with Gasteiger partial charge in [0.2, 0.25) is 0 Å². The van der Waals surface area contributed by atoms with Gasteiger partial charge in [-0.25, -0.2) is 9.78 Å². The third-order valence-corrected chi connectivity index (χ3v) is 6.44. The van der Waals surface area contributed by atoms with Crippen LogP contribution in [0.2, 0.25) is 0 Å². The second-order valence-corrected chi connectivity index (χ2v) is 9.32. The highest BCUT2D eigenvalue weighted by molar-refractivity contribution is 6.07. The highest BCUT2D eigenvalue weighted by atomic mass is 16.5.